The van der Waals surface area contributed by atoms with E-state index in [0.717, 1.165) is 5.56 Å². The number of aryl methyl sites for hydroxylation is 1. The molecule has 3 aromatic rings. The van der Waals surface area contributed by atoms with Crippen LogP contribution >= 0.6 is 0 Å². The maximum absolute atomic E-state index is 12.4. The summed E-state index contributed by atoms with van der Waals surface area (Å²) in [4.78, 5) is 25.0. The second-order valence-corrected chi connectivity index (χ2v) is 5.79. The minimum atomic E-state index is -0.700. The third-order valence-corrected chi connectivity index (χ3v) is 3.68. The lowest BCUT2D eigenvalue weighted by atomic mass is 10.2. The van der Waals surface area contributed by atoms with Gasteiger partial charge in [-0.25, -0.2) is 4.98 Å². The first kappa shape index (κ1) is 17.6. The first-order valence-electron chi connectivity index (χ1n) is 8.03. The Balaban J connectivity index is 2.08. The highest BCUT2D eigenvalue weighted by Crippen LogP contribution is 2.21. The molecular formula is C18H19N5O3. The Morgan fingerprint density at radius 2 is 2.00 bits per heavy atom. The summed E-state index contributed by atoms with van der Waals surface area (Å²) in [7, 11) is 1.57. The molecule has 1 aromatic carbocycles. The number of ether oxygens (including phenoxy) is 1. The molecule has 0 amide bonds. The van der Waals surface area contributed by atoms with Crippen molar-refractivity contribution >= 4 is 23.2 Å². The number of anilines is 1. The molecule has 2 aromatic heterocycles. The largest absolute Gasteiger partial charge is 0.471 e. The van der Waals surface area contributed by atoms with Gasteiger partial charge in [0.1, 0.15) is 12.3 Å². The standard InChI is InChI=1S/C18H19N5O3/c1-11(24)8-9-13-17(25)23(2)15-14(20-13)16(22-18(19)21-15)26-10-12-6-4-3-5-7-12/h3-9,11,24H,10H2,1-2H3,(H2,19,21,22)/b9-8-. The molecule has 0 saturated heterocycles. The molecule has 1 unspecified atom stereocenters. The minimum absolute atomic E-state index is 0.00960. The Labute approximate surface area is 149 Å². The van der Waals surface area contributed by atoms with E-state index in [9.17, 15) is 9.90 Å². The maximum atomic E-state index is 12.4. The minimum Gasteiger partial charge on any atom is -0.471 e. The molecule has 0 saturated carbocycles. The van der Waals surface area contributed by atoms with Crippen LogP contribution in [0, 0.1) is 0 Å². The van der Waals surface area contributed by atoms with Gasteiger partial charge in [0, 0.05) is 7.05 Å². The smallest absolute Gasteiger partial charge is 0.277 e. The van der Waals surface area contributed by atoms with Crippen molar-refractivity contribution in [3.63, 3.8) is 0 Å². The molecular weight excluding hydrogens is 334 g/mol. The Kier molecular flexibility index (Phi) is 4.94. The van der Waals surface area contributed by atoms with Gasteiger partial charge in [0.25, 0.3) is 5.56 Å². The predicted molar refractivity (Wildman–Crippen MR) is 98.5 cm³/mol. The van der Waals surface area contributed by atoms with Crippen LogP contribution in [0.3, 0.4) is 0 Å². The van der Waals surface area contributed by atoms with Crippen LogP contribution in [0.4, 0.5) is 5.95 Å². The lowest BCUT2D eigenvalue weighted by Crippen LogP contribution is -2.23. The predicted octanol–water partition coefficient (Wildman–Crippen LogP) is 1.28. The van der Waals surface area contributed by atoms with E-state index in [1.54, 1.807) is 14.0 Å². The summed E-state index contributed by atoms with van der Waals surface area (Å²) in [5, 5.41) is 9.40. The highest BCUT2D eigenvalue weighted by Gasteiger charge is 2.15. The highest BCUT2D eigenvalue weighted by molar-refractivity contribution is 5.78. The third-order valence-electron chi connectivity index (χ3n) is 3.68. The number of nitrogen functional groups attached to an aromatic ring is 1. The molecule has 0 spiro atoms. The first-order valence-corrected chi connectivity index (χ1v) is 8.03. The van der Waals surface area contributed by atoms with Gasteiger partial charge in [-0.1, -0.05) is 36.4 Å². The van der Waals surface area contributed by atoms with Crippen LogP contribution in [0.15, 0.2) is 41.2 Å². The van der Waals surface area contributed by atoms with Crippen molar-refractivity contribution in [1.29, 1.82) is 0 Å². The number of fused-ring (bicyclic) bond motifs is 1. The molecule has 8 nitrogen and oxygen atoms in total. The molecule has 3 rings (SSSR count). The number of nitrogens with two attached hydrogens (primary N) is 1. The zero-order valence-electron chi connectivity index (χ0n) is 14.5. The molecule has 0 aliphatic heterocycles. The second kappa shape index (κ2) is 7.32. The van der Waals surface area contributed by atoms with Crippen molar-refractivity contribution in [3.05, 3.63) is 58.0 Å². The lowest BCUT2D eigenvalue weighted by Gasteiger charge is -2.11. The van der Waals surface area contributed by atoms with Crippen molar-refractivity contribution in [2.75, 3.05) is 5.73 Å². The summed E-state index contributed by atoms with van der Waals surface area (Å²) in [6, 6.07) is 9.58. The summed E-state index contributed by atoms with van der Waals surface area (Å²) >= 11 is 0. The normalized spacial score (nSPS) is 12.6. The van der Waals surface area contributed by atoms with Gasteiger partial charge in [0.2, 0.25) is 11.8 Å². The Hall–Kier alpha value is -3.26. The molecule has 134 valence electrons. The fourth-order valence-corrected chi connectivity index (χ4v) is 2.37. The molecule has 1 atom stereocenters. The van der Waals surface area contributed by atoms with Crippen molar-refractivity contribution < 1.29 is 9.84 Å². The van der Waals surface area contributed by atoms with E-state index in [0.29, 0.717) is 5.52 Å². The average molecular weight is 353 g/mol. The van der Waals surface area contributed by atoms with Gasteiger partial charge in [-0.05, 0) is 18.6 Å². The zero-order valence-corrected chi connectivity index (χ0v) is 14.5. The van der Waals surface area contributed by atoms with Crippen LogP contribution < -0.4 is 16.0 Å². The number of aromatic nitrogens is 4. The number of benzene rings is 1. The number of aliphatic hydroxyl groups excluding tert-OH is 1. The molecule has 0 aliphatic rings. The average Bonchev–Trinajstić information content (AvgIpc) is 2.63. The SMILES string of the molecule is CC(O)/C=C\c1nc2c(OCc3ccccc3)nc(N)nc2n(C)c1=O. The van der Waals surface area contributed by atoms with Crippen LogP contribution in [0.1, 0.15) is 18.2 Å². The number of hydrogen-bond acceptors (Lipinski definition) is 7. The van der Waals surface area contributed by atoms with E-state index in [4.69, 9.17) is 10.5 Å². The first-order chi connectivity index (χ1) is 12.5. The van der Waals surface area contributed by atoms with Gasteiger partial charge < -0.3 is 15.6 Å². The van der Waals surface area contributed by atoms with Crippen molar-refractivity contribution in [2.45, 2.75) is 19.6 Å². The van der Waals surface area contributed by atoms with Gasteiger partial charge in [0.05, 0.1) is 6.10 Å². The summed E-state index contributed by atoms with van der Waals surface area (Å²) in [5.74, 6) is 0.184. The number of nitrogens with zero attached hydrogens (tertiary/aromatic N) is 4. The molecule has 26 heavy (non-hydrogen) atoms. The van der Waals surface area contributed by atoms with Crippen molar-refractivity contribution in [2.24, 2.45) is 7.05 Å². The Morgan fingerprint density at radius 1 is 1.27 bits per heavy atom. The second-order valence-electron chi connectivity index (χ2n) is 5.79. The van der Waals surface area contributed by atoms with Gasteiger partial charge in [-0.15, -0.1) is 0 Å². The van der Waals surface area contributed by atoms with E-state index < -0.39 is 6.10 Å². The summed E-state index contributed by atoms with van der Waals surface area (Å²) in [5.41, 5.74) is 7.10. The molecule has 8 heteroatoms. The van der Waals surface area contributed by atoms with E-state index in [-0.39, 0.29) is 35.3 Å². The van der Waals surface area contributed by atoms with Crippen LogP contribution in [0.2, 0.25) is 0 Å². The number of aliphatic hydroxyl groups is 1. The van der Waals surface area contributed by atoms with Crippen LogP contribution in [0.5, 0.6) is 5.88 Å². The fraction of sp³-hybridized carbons (Fsp3) is 0.222. The zero-order chi connectivity index (χ0) is 18.7. The van der Waals surface area contributed by atoms with Crippen LogP contribution in [0.25, 0.3) is 17.2 Å². The van der Waals surface area contributed by atoms with E-state index in [2.05, 4.69) is 15.0 Å². The third kappa shape index (κ3) is 3.70. The molecule has 0 radical (unpaired) electrons. The molecule has 0 bridgehead atoms. The van der Waals surface area contributed by atoms with Gasteiger partial charge in [-0.3, -0.25) is 9.36 Å². The van der Waals surface area contributed by atoms with Crippen LogP contribution in [-0.2, 0) is 13.7 Å². The summed E-state index contributed by atoms with van der Waals surface area (Å²) in [6.07, 6.45) is 2.23. The Morgan fingerprint density at radius 3 is 2.69 bits per heavy atom. The quantitative estimate of drug-likeness (QED) is 0.709. The summed E-state index contributed by atoms with van der Waals surface area (Å²) < 4.78 is 7.11. The highest BCUT2D eigenvalue weighted by atomic mass is 16.5. The van der Waals surface area contributed by atoms with Gasteiger partial charge >= 0.3 is 0 Å². The van der Waals surface area contributed by atoms with E-state index >= 15 is 0 Å². The molecule has 2 heterocycles. The van der Waals surface area contributed by atoms with Crippen LogP contribution in [-0.4, -0.2) is 30.7 Å². The molecule has 3 N–H and O–H groups in total. The van der Waals surface area contributed by atoms with Crippen molar-refractivity contribution in [1.82, 2.24) is 19.5 Å². The van der Waals surface area contributed by atoms with Crippen molar-refractivity contribution in [3.8, 4) is 5.88 Å². The molecule has 0 aliphatic carbocycles. The topological polar surface area (TPSA) is 116 Å². The fourth-order valence-electron chi connectivity index (χ4n) is 2.37. The van der Waals surface area contributed by atoms with Gasteiger partial charge in [0.15, 0.2) is 11.2 Å². The molecule has 0 fully saturated rings. The monoisotopic (exact) mass is 353 g/mol. The van der Waals surface area contributed by atoms with E-state index in [1.165, 1.54) is 16.7 Å². The number of rotatable bonds is 5. The van der Waals surface area contributed by atoms with Gasteiger partial charge in [-0.2, -0.15) is 9.97 Å². The van der Waals surface area contributed by atoms with E-state index in [1.807, 2.05) is 30.3 Å². The maximum Gasteiger partial charge on any atom is 0.277 e. The Bertz CT molecular complexity index is 1010. The summed E-state index contributed by atoms with van der Waals surface area (Å²) in [6.45, 7) is 1.86. The lowest BCUT2D eigenvalue weighted by molar-refractivity contribution is 0.245. The number of hydrogen-bond donors (Lipinski definition) is 2.